The number of rotatable bonds is 5. The Bertz CT molecular complexity index is 1170. The maximum atomic E-state index is 13.2. The van der Waals surface area contributed by atoms with Crippen molar-refractivity contribution in [2.45, 2.75) is 13.5 Å². The van der Waals surface area contributed by atoms with Gasteiger partial charge in [-0.05, 0) is 42.8 Å². The zero-order valence-corrected chi connectivity index (χ0v) is 16.3. The first-order valence-electron chi connectivity index (χ1n) is 8.89. The number of hydrogen-bond donors (Lipinski definition) is 1. The van der Waals surface area contributed by atoms with E-state index < -0.39 is 0 Å². The van der Waals surface area contributed by atoms with Gasteiger partial charge in [-0.25, -0.2) is 9.07 Å². The van der Waals surface area contributed by atoms with Gasteiger partial charge in [0.25, 0.3) is 5.91 Å². The topological polar surface area (TPSA) is 64.7 Å². The van der Waals surface area contributed by atoms with Crippen LogP contribution in [0.25, 0.3) is 5.69 Å². The number of halogens is 2. The summed E-state index contributed by atoms with van der Waals surface area (Å²) in [6.07, 6.45) is 3.15. The molecule has 146 valence electrons. The first-order chi connectivity index (χ1) is 14.0. The molecule has 0 aliphatic rings. The average molecular weight is 410 g/mol. The predicted octanol–water partition coefficient (Wildman–Crippen LogP) is 4.47. The molecule has 0 bridgehead atoms. The number of aryl methyl sites for hydroxylation is 1. The molecule has 0 aliphatic carbocycles. The molecule has 2 aromatic carbocycles. The molecule has 0 spiro atoms. The van der Waals surface area contributed by atoms with Crippen LogP contribution in [0.15, 0.2) is 67.0 Å². The van der Waals surface area contributed by atoms with E-state index in [-0.39, 0.29) is 11.7 Å². The number of carbonyl (C=O) groups is 1. The van der Waals surface area contributed by atoms with E-state index in [0.29, 0.717) is 28.6 Å². The van der Waals surface area contributed by atoms with Gasteiger partial charge in [-0.2, -0.15) is 10.2 Å². The number of nitrogens with zero attached hydrogens (tertiary/aromatic N) is 4. The van der Waals surface area contributed by atoms with Gasteiger partial charge in [0.1, 0.15) is 11.6 Å². The second kappa shape index (κ2) is 7.89. The molecule has 0 unspecified atom stereocenters. The van der Waals surface area contributed by atoms with Crippen LogP contribution in [0.1, 0.15) is 21.6 Å². The second-order valence-corrected chi connectivity index (χ2v) is 6.94. The first kappa shape index (κ1) is 18.9. The Hall–Kier alpha value is -3.45. The van der Waals surface area contributed by atoms with Crippen molar-refractivity contribution in [3.63, 3.8) is 0 Å². The number of carbonyl (C=O) groups excluding carboxylic acids is 1. The number of amides is 1. The van der Waals surface area contributed by atoms with Gasteiger partial charge in [-0.3, -0.25) is 9.48 Å². The van der Waals surface area contributed by atoms with Crippen molar-refractivity contribution < 1.29 is 9.18 Å². The fourth-order valence-corrected chi connectivity index (χ4v) is 3.12. The highest BCUT2D eigenvalue weighted by molar-refractivity contribution is 6.31. The molecule has 0 aliphatic heterocycles. The Kier molecular flexibility index (Phi) is 5.14. The fraction of sp³-hybridized carbons (Fsp3) is 0.0952. The average Bonchev–Trinajstić information content (AvgIpc) is 3.31. The first-order valence-corrected chi connectivity index (χ1v) is 9.27. The van der Waals surface area contributed by atoms with Gasteiger partial charge in [-0.15, -0.1) is 0 Å². The Labute approximate surface area is 171 Å². The zero-order chi connectivity index (χ0) is 20.4. The largest absolute Gasteiger partial charge is 0.306 e. The molecular weight excluding hydrogens is 393 g/mol. The van der Waals surface area contributed by atoms with Crippen molar-refractivity contribution in [2.24, 2.45) is 0 Å². The lowest BCUT2D eigenvalue weighted by Crippen LogP contribution is -2.14. The molecule has 4 aromatic rings. The Morgan fingerprint density at radius 2 is 1.93 bits per heavy atom. The van der Waals surface area contributed by atoms with Crippen LogP contribution < -0.4 is 5.32 Å². The maximum absolute atomic E-state index is 13.2. The number of aromatic nitrogens is 4. The molecule has 1 N–H and O–H groups in total. The third-order valence-corrected chi connectivity index (χ3v) is 4.70. The molecule has 2 aromatic heterocycles. The summed E-state index contributed by atoms with van der Waals surface area (Å²) in [6, 6.07) is 15.1. The predicted molar refractivity (Wildman–Crippen MR) is 109 cm³/mol. The summed E-state index contributed by atoms with van der Waals surface area (Å²) in [5, 5.41) is 12.1. The highest BCUT2D eigenvalue weighted by atomic mass is 35.5. The van der Waals surface area contributed by atoms with Crippen molar-refractivity contribution in [2.75, 3.05) is 5.32 Å². The quantitative estimate of drug-likeness (QED) is 0.529. The van der Waals surface area contributed by atoms with Gasteiger partial charge < -0.3 is 5.32 Å². The SMILES string of the molecule is Cc1cc(NC(=O)c2cnn(Cc3ccccc3Cl)c2)n(-c2ccc(F)cc2)n1. The van der Waals surface area contributed by atoms with Gasteiger partial charge in [-0.1, -0.05) is 29.8 Å². The van der Waals surface area contributed by atoms with E-state index >= 15 is 0 Å². The van der Waals surface area contributed by atoms with Gasteiger partial charge in [0.15, 0.2) is 0 Å². The summed E-state index contributed by atoms with van der Waals surface area (Å²) in [7, 11) is 0. The minimum Gasteiger partial charge on any atom is -0.306 e. The lowest BCUT2D eigenvalue weighted by molar-refractivity contribution is 0.102. The van der Waals surface area contributed by atoms with Crippen molar-refractivity contribution in [1.82, 2.24) is 19.6 Å². The van der Waals surface area contributed by atoms with E-state index in [1.54, 1.807) is 33.8 Å². The Morgan fingerprint density at radius 1 is 1.17 bits per heavy atom. The molecule has 8 heteroatoms. The van der Waals surface area contributed by atoms with Crippen LogP contribution >= 0.6 is 11.6 Å². The van der Waals surface area contributed by atoms with Crippen LogP contribution in [-0.4, -0.2) is 25.5 Å². The highest BCUT2D eigenvalue weighted by Gasteiger charge is 2.14. The standard InChI is InChI=1S/C21H17ClFN5O/c1-14-10-20(28(26-14)18-8-6-17(23)7-9-18)25-21(29)16-11-24-27(13-16)12-15-4-2-3-5-19(15)22/h2-11,13H,12H2,1H3,(H,25,29). The Morgan fingerprint density at radius 3 is 2.69 bits per heavy atom. The van der Waals surface area contributed by atoms with Crippen LogP contribution in [0.2, 0.25) is 5.02 Å². The number of benzene rings is 2. The van der Waals surface area contributed by atoms with Crippen LogP contribution in [0.3, 0.4) is 0 Å². The van der Waals surface area contributed by atoms with E-state index in [0.717, 1.165) is 11.3 Å². The van der Waals surface area contributed by atoms with E-state index in [4.69, 9.17) is 11.6 Å². The van der Waals surface area contributed by atoms with Crippen molar-refractivity contribution in [3.8, 4) is 5.69 Å². The van der Waals surface area contributed by atoms with Gasteiger partial charge >= 0.3 is 0 Å². The van der Waals surface area contributed by atoms with Crippen molar-refractivity contribution in [3.05, 3.63) is 94.7 Å². The Balaban J connectivity index is 1.53. The smallest absolute Gasteiger partial charge is 0.260 e. The van der Waals surface area contributed by atoms with E-state index in [1.807, 2.05) is 31.2 Å². The minimum absolute atomic E-state index is 0.321. The zero-order valence-electron chi connectivity index (χ0n) is 15.5. The molecule has 0 saturated carbocycles. The summed E-state index contributed by atoms with van der Waals surface area (Å²) in [5.41, 5.74) is 2.68. The lowest BCUT2D eigenvalue weighted by Gasteiger charge is -2.08. The summed E-state index contributed by atoms with van der Waals surface area (Å²) < 4.78 is 16.4. The molecule has 0 atom stereocenters. The molecule has 6 nitrogen and oxygen atoms in total. The van der Waals surface area contributed by atoms with Gasteiger partial charge in [0.05, 0.1) is 29.7 Å². The van der Waals surface area contributed by atoms with Crippen molar-refractivity contribution >= 4 is 23.3 Å². The normalized spacial score (nSPS) is 10.9. The van der Waals surface area contributed by atoms with Gasteiger partial charge in [0.2, 0.25) is 0 Å². The van der Waals surface area contributed by atoms with Crippen LogP contribution in [0.4, 0.5) is 10.2 Å². The fourth-order valence-electron chi connectivity index (χ4n) is 2.92. The van der Waals surface area contributed by atoms with Crippen LogP contribution in [0, 0.1) is 12.7 Å². The minimum atomic E-state index is -0.339. The molecule has 1 amide bonds. The molecule has 2 heterocycles. The molecule has 29 heavy (non-hydrogen) atoms. The number of nitrogens with one attached hydrogen (secondary N) is 1. The monoisotopic (exact) mass is 409 g/mol. The van der Waals surface area contributed by atoms with E-state index in [1.165, 1.54) is 18.3 Å². The van der Waals surface area contributed by atoms with E-state index in [9.17, 15) is 9.18 Å². The third kappa shape index (κ3) is 4.20. The van der Waals surface area contributed by atoms with Gasteiger partial charge in [0, 0.05) is 17.3 Å². The summed E-state index contributed by atoms with van der Waals surface area (Å²) >= 11 is 6.18. The third-order valence-electron chi connectivity index (χ3n) is 4.33. The summed E-state index contributed by atoms with van der Waals surface area (Å²) in [5.74, 6) is -0.175. The molecule has 0 fully saturated rings. The highest BCUT2D eigenvalue weighted by Crippen LogP contribution is 2.19. The number of hydrogen-bond acceptors (Lipinski definition) is 3. The summed E-state index contributed by atoms with van der Waals surface area (Å²) in [4.78, 5) is 12.7. The summed E-state index contributed by atoms with van der Waals surface area (Å²) in [6.45, 7) is 2.27. The van der Waals surface area contributed by atoms with Crippen LogP contribution in [-0.2, 0) is 6.54 Å². The lowest BCUT2D eigenvalue weighted by atomic mass is 10.2. The maximum Gasteiger partial charge on any atom is 0.260 e. The molecular formula is C21H17ClFN5O. The van der Waals surface area contributed by atoms with Crippen LogP contribution in [0.5, 0.6) is 0 Å². The van der Waals surface area contributed by atoms with E-state index in [2.05, 4.69) is 15.5 Å². The molecule has 4 rings (SSSR count). The molecule has 0 saturated heterocycles. The van der Waals surface area contributed by atoms with Crippen molar-refractivity contribution in [1.29, 1.82) is 0 Å². The molecule has 0 radical (unpaired) electrons. The second-order valence-electron chi connectivity index (χ2n) is 6.53. The number of anilines is 1.